The first-order valence-electron chi connectivity index (χ1n) is 5.85. The molecule has 1 rings (SSSR count). The Labute approximate surface area is 110 Å². The topological polar surface area (TPSA) is 49.8 Å². The summed E-state index contributed by atoms with van der Waals surface area (Å²) >= 11 is 0. The molecule has 1 N–H and O–H groups in total. The van der Waals surface area contributed by atoms with E-state index in [4.69, 9.17) is 9.84 Å². The molecule has 1 aromatic carbocycles. The van der Waals surface area contributed by atoms with E-state index in [0.717, 1.165) is 12.1 Å². The highest BCUT2D eigenvalue weighted by Gasteiger charge is 2.21. The molecular weight excluding hydrogens is 256 g/mol. The summed E-state index contributed by atoms with van der Waals surface area (Å²) in [5.41, 5.74) is 0.263. The van der Waals surface area contributed by atoms with E-state index in [9.17, 15) is 13.6 Å². The van der Waals surface area contributed by atoms with E-state index < -0.39 is 23.6 Å². The van der Waals surface area contributed by atoms with Crippen molar-refractivity contribution in [1.82, 2.24) is 4.90 Å². The van der Waals surface area contributed by atoms with Gasteiger partial charge in [-0.2, -0.15) is 0 Å². The number of rotatable bonds is 7. The predicted molar refractivity (Wildman–Crippen MR) is 65.9 cm³/mol. The van der Waals surface area contributed by atoms with Crippen molar-refractivity contribution in [3.63, 3.8) is 0 Å². The largest absolute Gasteiger partial charge is 0.480 e. The average molecular weight is 273 g/mol. The van der Waals surface area contributed by atoms with E-state index in [0.29, 0.717) is 13.2 Å². The molecule has 4 nitrogen and oxygen atoms in total. The summed E-state index contributed by atoms with van der Waals surface area (Å²) in [6.45, 7) is 2.12. The third-order valence-corrected chi connectivity index (χ3v) is 2.88. The Balaban J connectivity index is 2.90. The second-order valence-electron chi connectivity index (χ2n) is 4.20. The van der Waals surface area contributed by atoms with Crippen molar-refractivity contribution in [2.45, 2.75) is 13.0 Å². The number of hydrogen-bond acceptors (Lipinski definition) is 3. The number of nitrogens with zero attached hydrogens (tertiary/aromatic N) is 1. The molecule has 0 bridgehead atoms. The Hall–Kier alpha value is -1.53. The van der Waals surface area contributed by atoms with Gasteiger partial charge in [-0.25, -0.2) is 8.78 Å². The van der Waals surface area contributed by atoms with E-state index >= 15 is 0 Å². The van der Waals surface area contributed by atoms with Crippen LogP contribution in [0.5, 0.6) is 0 Å². The van der Waals surface area contributed by atoms with Gasteiger partial charge in [-0.15, -0.1) is 0 Å². The summed E-state index contributed by atoms with van der Waals surface area (Å²) in [5.74, 6) is -2.35. The molecule has 0 aliphatic rings. The van der Waals surface area contributed by atoms with Gasteiger partial charge in [0.1, 0.15) is 11.6 Å². The number of hydrogen-bond donors (Lipinski definition) is 1. The maximum atomic E-state index is 13.7. The normalized spacial score (nSPS) is 12.7. The highest BCUT2D eigenvalue weighted by molar-refractivity contribution is 5.69. The summed E-state index contributed by atoms with van der Waals surface area (Å²) in [5, 5.41) is 8.86. The van der Waals surface area contributed by atoms with Crippen LogP contribution in [0.3, 0.4) is 0 Å². The van der Waals surface area contributed by atoms with Gasteiger partial charge in [-0.05, 0) is 13.0 Å². The van der Waals surface area contributed by atoms with E-state index in [2.05, 4.69) is 0 Å². The Bertz CT molecular complexity index is 440. The van der Waals surface area contributed by atoms with Gasteiger partial charge in [0.2, 0.25) is 0 Å². The van der Waals surface area contributed by atoms with E-state index in [1.165, 1.54) is 13.2 Å². The highest BCUT2D eigenvalue weighted by atomic mass is 19.1. The number of ether oxygens (including phenoxy) is 1. The van der Waals surface area contributed by atoms with Crippen LogP contribution in [0.2, 0.25) is 0 Å². The van der Waals surface area contributed by atoms with Crippen LogP contribution in [0.15, 0.2) is 18.2 Å². The Morgan fingerprint density at radius 2 is 2.16 bits per heavy atom. The molecule has 0 aliphatic heterocycles. The molecule has 0 heterocycles. The Kier molecular flexibility index (Phi) is 5.85. The molecule has 1 atom stereocenters. The molecule has 0 aliphatic carbocycles. The second-order valence-corrected chi connectivity index (χ2v) is 4.20. The van der Waals surface area contributed by atoms with Crippen LogP contribution in [-0.4, -0.2) is 42.8 Å². The standard InChI is InChI=1S/C13H17F2NO3/c1-9(11-4-3-10(14)7-12(11)15)16(5-6-19-2)8-13(17)18/h3-4,7,9H,5-6,8H2,1-2H3,(H,17,18). The van der Waals surface area contributed by atoms with Gasteiger partial charge in [0.25, 0.3) is 0 Å². The second kappa shape index (κ2) is 7.16. The molecule has 0 fully saturated rings. The molecule has 0 amide bonds. The van der Waals surface area contributed by atoms with Crippen LogP contribution < -0.4 is 0 Å². The fourth-order valence-corrected chi connectivity index (χ4v) is 1.83. The lowest BCUT2D eigenvalue weighted by Gasteiger charge is -2.27. The van der Waals surface area contributed by atoms with Gasteiger partial charge in [-0.3, -0.25) is 9.69 Å². The third kappa shape index (κ3) is 4.57. The highest BCUT2D eigenvalue weighted by Crippen LogP contribution is 2.23. The van der Waals surface area contributed by atoms with Gasteiger partial charge in [-0.1, -0.05) is 6.07 Å². The van der Waals surface area contributed by atoms with E-state index in [1.807, 2.05) is 0 Å². The van der Waals surface area contributed by atoms with Gasteiger partial charge in [0.05, 0.1) is 13.2 Å². The minimum atomic E-state index is -1.01. The molecule has 0 saturated heterocycles. The summed E-state index contributed by atoms with van der Waals surface area (Å²) in [6.07, 6.45) is 0. The molecule has 6 heteroatoms. The first kappa shape index (κ1) is 15.5. The molecule has 19 heavy (non-hydrogen) atoms. The maximum absolute atomic E-state index is 13.7. The van der Waals surface area contributed by atoms with Crippen molar-refractivity contribution < 1.29 is 23.4 Å². The number of benzene rings is 1. The zero-order chi connectivity index (χ0) is 14.4. The van der Waals surface area contributed by atoms with Gasteiger partial charge >= 0.3 is 5.97 Å². The van der Waals surface area contributed by atoms with Crippen molar-refractivity contribution >= 4 is 5.97 Å². The van der Waals surface area contributed by atoms with Crippen molar-refractivity contribution in [2.75, 3.05) is 26.8 Å². The SMILES string of the molecule is COCCN(CC(=O)O)C(C)c1ccc(F)cc1F. The number of aliphatic carboxylic acids is 1. The van der Waals surface area contributed by atoms with Gasteiger partial charge in [0, 0.05) is 31.3 Å². The van der Waals surface area contributed by atoms with Crippen molar-refractivity contribution in [1.29, 1.82) is 0 Å². The van der Waals surface area contributed by atoms with Gasteiger partial charge in [0.15, 0.2) is 0 Å². The number of methoxy groups -OCH3 is 1. The molecular formula is C13H17F2NO3. The fourth-order valence-electron chi connectivity index (χ4n) is 1.83. The summed E-state index contributed by atoms with van der Waals surface area (Å²) < 4.78 is 31.4. The molecule has 0 radical (unpaired) electrons. The van der Waals surface area contributed by atoms with E-state index in [1.54, 1.807) is 11.8 Å². The van der Waals surface area contributed by atoms with Crippen LogP contribution in [0.25, 0.3) is 0 Å². The van der Waals surface area contributed by atoms with Crippen LogP contribution in [0.4, 0.5) is 8.78 Å². The van der Waals surface area contributed by atoms with Crippen molar-refractivity contribution in [2.24, 2.45) is 0 Å². The number of carbonyl (C=O) groups is 1. The Morgan fingerprint density at radius 3 is 2.68 bits per heavy atom. The minimum Gasteiger partial charge on any atom is -0.480 e. The predicted octanol–water partition coefficient (Wildman–Crippen LogP) is 2.06. The molecule has 0 aromatic heterocycles. The quantitative estimate of drug-likeness (QED) is 0.826. The van der Waals surface area contributed by atoms with Gasteiger partial charge < -0.3 is 9.84 Å². The summed E-state index contributed by atoms with van der Waals surface area (Å²) in [4.78, 5) is 12.4. The first-order valence-corrected chi connectivity index (χ1v) is 5.85. The molecule has 0 saturated carbocycles. The van der Waals surface area contributed by atoms with Crippen molar-refractivity contribution in [3.05, 3.63) is 35.4 Å². The third-order valence-electron chi connectivity index (χ3n) is 2.88. The molecule has 106 valence electrons. The Morgan fingerprint density at radius 1 is 1.47 bits per heavy atom. The number of carboxylic acids is 1. The lowest BCUT2D eigenvalue weighted by Crippen LogP contribution is -2.35. The molecule has 0 spiro atoms. The average Bonchev–Trinajstić information content (AvgIpc) is 2.33. The lowest BCUT2D eigenvalue weighted by molar-refractivity contribution is -0.139. The van der Waals surface area contributed by atoms with Crippen LogP contribution in [0.1, 0.15) is 18.5 Å². The van der Waals surface area contributed by atoms with Crippen LogP contribution >= 0.6 is 0 Å². The zero-order valence-corrected chi connectivity index (χ0v) is 10.9. The van der Waals surface area contributed by atoms with Crippen LogP contribution in [0, 0.1) is 11.6 Å². The summed E-state index contributed by atoms with van der Waals surface area (Å²) in [7, 11) is 1.50. The zero-order valence-electron chi connectivity index (χ0n) is 10.9. The number of halogens is 2. The van der Waals surface area contributed by atoms with Crippen LogP contribution in [-0.2, 0) is 9.53 Å². The first-order chi connectivity index (χ1) is 8.95. The monoisotopic (exact) mass is 273 g/mol. The van der Waals surface area contributed by atoms with Crippen molar-refractivity contribution in [3.8, 4) is 0 Å². The van der Waals surface area contributed by atoms with E-state index in [-0.39, 0.29) is 12.1 Å². The molecule has 1 aromatic rings. The fraction of sp³-hybridized carbons (Fsp3) is 0.462. The summed E-state index contributed by atoms with van der Waals surface area (Å²) in [6, 6.07) is 2.80. The molecule has 1 unspecified atom stereocenters. The lowest BCUT2D eigenvalue weighted by atomic mass is 10.1. The number of carboxylic acid groups (broad SMARTS) is 1. The smallest absolute Gasteiger partial charge is 0.317 e. The minimum absolute atomic E-state index is 0.235. The maximum Gasteiger partial charge on any atom is 0.317 e.